The monoisotopic (exact) mass is 361 g/mol. The second kappa shape index (κ2) is 7.17. The molecule has 6 heteroatoms. The Morgan fingerprint density at radius 1 is 1.17 bits per heavy atom. The van der Waals surface area contributed by atoms with E-state index in [-0.39, 0.29) is 5.91 Å². The van der Waals surface area contributed by atoms with E-state index in [0.717, 1.165) is 16.9 Å². The molecule has 116 valence electrons. The Morgan fingerprint density at radius 3 is 2.57 bits per heavy atom. The van der Waals surface area contributed by atoms with Gasteiger partial charge in [0.15, 0.2) is 0 Å². The SMILES string of the molecule is O=C1NC(=S)S/C1=C\c1ccc(OCc2ccccc2Cl)cc1. The number of nitrogens with one attached hydrogen (secondary N) is 1. The predicted octanol–water partition coefficient (Wildman–Crippen LogP) is 4.41. The quantitative estimate of drug-likeness (QED) is 0.646. The van der Waals surface area contributed by atoms with Crippen LogP contribution in [0.1, 0.15) is 11.1 Å². The van der Waals surface area contributed by atoms with E-state index in [4.69, 9.17) is 28.6 Å². The standard InChI is InChI=1S/C17H12ClNO2S2/c18-14-4-2-1-3-12(14)10-21-13-7-5-11(6-8-13)9-15-16(20)19-17(22)23-15/h1-9H,10H2,(H,19,20,22)/b15-9-. The minimum Gasteiger partial charge on any atom is -0.489 e. The fourth-order valence-corrected chi connectivity index (χ4v) is 3.24. The highest BCUT2D eigenvalue weighted by Crippen LogP contribution is 2.26. The first-order chi connectivity index (χ1) is 11.1. The molecule has 0 unspecified atom stereocenters. The van der Waals surface area contributed by atoms with Crippen molar-refractivity contribution >= 4 is 51.9 Å². The normalized spacial score (nSPS) is 15.8. The number of hydrogen-bond donors (Lipinski definition) is 1. The van der Waals surface area contributed by atoms with Gasteiger partial charge in [0.05, 0.1) is 4.91 Å². The smallest absolute Gasteiger partial charge is 0.263 e. The molecule has 0 spiro atoms. The number of carbonyl (C=O) groups is 1. The van der Waals surface area contributed by atoms with E-state index >= 15 is 0 Å². The summed E-state index contributed by atoms with van der Waals surface area (Å²) < 4.78 is 6.21. The Kier molecular flexibility index (Phi) is 5.00. The van der Waals surface area contributed by atoms with Crippen molar-refractivity contribution in [1.29, 1.82) is 0 Å². The van der Waals surface area contributed by atoms with Gasteiger partial charge in [-0.05, 0) is 29.8 Å². The number of thiocarbonyl (C=S) groups is 1. The van der Waals surface area contributed by atoms with E-state index in [9.17, 15) is 4.79 Å². The number of carbonyl (C=O) groups excluding carboxylic acids is 1. The largest absolute Gasteiger partial charge is 0.489 e. The molecule has 1 aliphatic rings. The predicted molar refractivity (Wildman–Crippen MR) is 98.5 cm³/mol. The van der Waals surface area contributed by atoms with E-state index in [1.54, 1.807) is 6.08 Å². The van der Waals surface area contributed by atoms with E-state index in [1.165, 1.54) is 11.8 Å². The lowest BCUT2D eigenvalue weighted by Crippen LogP contribution is -2.17. The number of hydrogen-bond acceptors (Lipinski definition) is 4. The van der Waals surface area contributed by atoms with Crippen LogP contribution in [0.25, 0.3) is 6.08 Å². The van der Waals surface area contributed by atoms with Gasteiger partial charge >= 0.3 is 0 Å². The van der Waals surface area contributed by atoms with Crippen LogP contribution in [0.3, 0.4) is 0 Å². The molecule has 0 aromatic heterocycles. The number of amides is 1. The number of ether oxygens (including phenoxy) is 1. The number of rotatable bonds is 4. The summed E-state index contributed by atoms with van der Waals surface area (Å²) in [6.45, 7) is 0.409. The maximum atomic E-state index is 11.6. The molecule has 0 saturated carbocycles. The van der Waals surface area contributed by atoms with Gasteiger partial charge in [-0.25, -0.2) is 0 Å². The summed E-state index contributed by atoms with van der Waals surface area (Å²) in [4.78, 5) is 12.2. The molecule has 1 N–H and O–H groups in total. The lowest BCUT2D eigenvalue weighted by molar-refractivity contribution is -0.115. The van der Waals surface area contributed by atoms with Crippen molar-refractivity contribution in [3.8, 4) is 5.75 Å². The summed E-state index contributed by atoms with van der Waals surface area (Å²) in [5.74, 6) is 0.588. The third-order valence-electron chi connectivity index (χ3n) is 3.17. The summed E-state index contributed by atoms with van der Waals surface area (Å²) >= 11 is 12.3. The Hall–Kier alpha value is -1.82. The summed E-state index contributed by atoms with van der Waals surface area (Å²) in [5.41, 5.74) is 1.85. The summed E-state index contributed by atoms with van der Waals surface area (Å²) in [6, 6.07) is 15.1. The molecule has 1 aliphatic heterocycles. The third-order valence-corrected chi connectivity index (χ3v) is 4.70. The number of halogens is 1. The zero-order valence-corrected chi connectivity index (χ0v) is 14.3. The minimum atomic E-state index is -0.154. The van der Waals surface area contributed by atoms with Crippen LogP contribution >= 0.6 is 35.6 Å². The van der Waals surface area contributed by atoms with Gasteiger partial charge in [0.1, 0.15) is 16.7 Å². The van der Waals surface area contributed by atoms with Crippen molar-refractivity contribution < 1.29 is 9.53 Å². The Bertz CT molecular complexity index is 787. The topological polar surface area (TPSA) is 38.3 Å². The molecule has 3 nitrogen and oxygen atoms in total. The van der Waals surface area contributed by atoms with Crippen molar-refractivity contribution in [1.82, 2.24) is 5.32 Å². The van der Waals surface area contributed by atoms with E-state index in [0.29, 0.717) is 20.9 Å². The van der Waals surface area contributed by atoms with Gasteiger partial charge in [-0.2, -0.15) is 0 Å². The van der Waals surface area contributed by atoms with Gasteiger partial charge in [-0.3, -0.25) is 4.79 Å². The summed E-state index contributed by atoms with van der Waals surface area (Å²) in [6.07, 6.45) is 1.80. The van der Waals surface area contributed by atoms with Crippen LogP contribution in [0.5, 0.6) is 5.75 Å². The average molecular weight is 362 g/mol. The van der Waals surface area contributed by atoms with Gasteiger partial charge < -0.3 is 10.1 Å². The lowest BCUT2D eigenvalue weighted by Gasteiger charge is -2.08. The molecule has 23 heavy (non-hydrogen) atoms. The number of benzene rings is 2. The molecule has 1 amide bonds. The van der Waals surface area contributed by atoms with Crippen LogP contribution in [0.15, 0.2) is 53.4 Å². The van der Waals surface area contributed by atoms with Crippen LogP contribution in [0.4, 0.5) is 0 Å². The fourth-order valence-electron chi connectivity index (χ4n) is 2.01. The molecule has 1 fully saturated rings. The third kappa shape index (κ3) is 4.13. The van der Waals surface area contributed by atoms with Crippen LogP contribution in [0, 0.1) is 0 Å². The van der Waals surface area contributed by atoms with Crippen molar-refractivity contribution in [2.45, 2.75) is 6.61 Å². The van der Waals surface area contributed by atoms with Crippen molar-refractivity contribution in [2.24, 2.45) is 0 Å². The second-order valence-corrected chi connectivity index (χ2v) is 6.93. The van der Waals surface area contributed by atoms with Gasteiger partial charge in [0, 0.05) is 10.6 Å². The molecule has 3 rings (SSSR count). The zero-order chi connectivity index (χ0) is 16.2. The molecular formula is C17H12ClNO2S2. The van der Waals surface area contributed by atoms with Crippen molar-refractivity contribution in [3.63, 3.8) is 0 Å². The van der Waals surface area contributed by atoms with E-state index < -0.39 is 0 Å². The molecule has 0 radical (unpaired) electrons. The highest BCUT2D eigenvalue weighted by molar-refractivity contribution is 8.26. The average Bonchev–Trinajstić information content (AvgIpc) is 2.85. The van der Waals surface area contributed by atoms with Gasteiger partial charge in [-0.15, -0.1) is 0 Å². The maximum absolute atomic E-state index is 11.6. The molecule has 0 aliphatic carbocycles. The minimum absolute atomic E-state index is 0.154. The second-order valence-electron chi connectivity index (χ2n) is 4.80. The highest BCUT2D eigenvalue weighted by atomic mass is 35.5. The summed E-state index contributed by atoms with van der Waals surface area (Å²) in [5, 5.41) is 3.28. The van der Waals surface area contributed by atoms with Gasteiger partial charge in [0.2, 0.25) is 0 Å². The van der Waals surface area contributed by atoms with Crippen molar-refractivity contribution in [2.75, 3.05) is 0 Å². The lowest BCUT2D eigenvalue weighted by atomic mass is 10.2. The molecule has 0 bridgehead atoms. The van der Waals surface area contributed by atoms with Crippen LogP contribution in [0.2, 0.25) is 5.02 Å². The van der Waals surface area contributed by atoms with Crippen LogP contribution in [-0.2, 0) is 11.4 Å². The van der Waals surface area contributed by atoms with Crippen LogP contribution in [-0.4, -0.2) is 10.2 Å². The number of thioether (sulfide) groups is 1. The fraction of sp³-hybridized carbons (Fsp3) is 0.0588. The zero-order valence-electron chi connectivity index (χ0n) is 11.9. The first-order valence-electron chi connectivity index (χ1n) is 6.83. The van der Waals surface area contributed by atoms with E-state index in [1.807, 2.05) is 48.5 Å². The van der Waals surface area contributed by atoms with Gasteiger partial charge in [-0.1, -0.05) is 65.9 Å². The molecule has 0 atom stereocenters. The first kappa shape index (κ1) is 16.1. The molecular weight excluding hydrogens is 350 g/mol. The molecule has 1 saturated heterocycles. The highest BCUT2D eigenvalue weighted by Gasteiger charge is 2.21. The molecule has 1 heterocycles. The Labute approximate surface area is 148 Å². The maximum Gasteiger partial charge on any atom is 0.263 e. The summed E-state index contributed by atoms with van der Waals surface area (Å²) in [7, 11) is 0. The Morgan fingerprint density at radius 2 is 1.91 bits per heavy atom. The van der Waals surface area contributed by atoms with E-state index in [2.05, 4.69) is 5.32 Å². The van der Waals surface area contributed by atoms with Crippen molar-refractivity contribution in [3.05, 3.63) is 69.6 Å². The molecule has 2 aromatic carbocycles. The van der Waals surface area contributed by atoms with Crippen LogP contribution < -0.4 is 10.1 Å². The van der Waals surface area contributed by atoms with Gasteiger partial charge in [0.25, 0.3) is 5.91 Å². The first-order valence-corrected chi connectivity index (χ1v) is 8.43. The molecule has 2 aromatic rings. The Balaban J connectivity index is 1.66.